The van der Waals surface area contributed by atoms with Crippen LogP contribution in [0.3, 0.4) is 0 Å². The summed E-state index contributed by atoms with van der Waals surface area (Å²) in [5.74, 6) is -0.992. The van der Waals surface area contributed by atoms with E-state index in [1.807, 2.05) is 0 Å². The normalized spacial score (nSPS) is 10.2. The maximum atomic E-state index is 13.4. The van der Waals surface area contributed by atoms with Crippen LogP contribution < -0.4 is 4.74 Å². The summed E-state index contributed by atoms with van der Waals surface area (Å²) >= 11 is 5.86. The second kappa shape index (κ2) is 5.19. The van der Waals surface area contributed by atoms with Crippen molar-refractivity contribution in [2.75, 3.05) is 0 Å². The van der Waals surface area contributed by atoms with Gasteiger partial charge in [-0.25, -0.2) is 9.18 Å². The lowest BCUT2D eigenvalue weighted by Crippen LogP contribution is -2.10. The van der Waals surface area contributed by atoms with E-state index in [4.69, 9.17) is 16.3 Å². The van der Waals surface area contributed by atoms with Gasteiger partial charge in [0.05, 0.1) is 5.56 Å². The van der Waals surface area contributed by atoms with Crippen LogP contribution in [0.1, 0.15) is 15.9 Å². The Bertz CT molecular complexity index is 596. The smallest absolute Gasteiger partial charge is 0.346 e. The van der Waals surface area contributed by atoms with E-state index in [1.54, 1.807) is 31.2 Å². The first-order chi connectivity index (χ1) is 8.58. The third kappa shape index (κ3) is 2.68. The summed E-state index contributed by atoms with van der Waals surface area (Å²) in [5.41, 5.74) is 0.695. The number of ether oxygens (including phenoxy) is 1. The summed E-state index contributed by atoms with van der Waals surface area (Å²) in [5, 5.41) is 0.584. The summed E-state index contributed by atoms with van der Waals surface area (Å²) < 4.78 is 18.4. The molecule has 0 unspecified atom stereocenters. The molecule has 92 valence electrons. The van der Waals surface area contributed by atoms with Gasteiger partial charge in [0.2, 0.25) is 0 Å². The van der Waals surface area contributed by atoms with Gasteiger partial charge in [0.15, 0.2) is 0 Å². The minimum atomic E-state index is -0.727. The molecule has 0 aliphatic rings. The molecule has 0 bridgehead atoms. The molecule has 0 fully saturated rings. The van der Waals surface area contributed by atoms with E-state index in [1.165, 1.54) is 18.2 Å². The lowest BCUT2D eigenvalue weighted by molar-refractivity contribution is 0.0730. The van der Waals surface area contributed by atoms with Crippen molar-refractivity contribution >= 4 is 17.6 Å². The van der Waals surface area contributed by atoms with Gasteiger partial charge in [0.25, 0.3) is 0 Å². The third-order valence-electron chi connectivity index (χ3n) is 2.43. The van der Waals surface area contributed by atoms with Crippen LogP contribution in [0.15, 0.2) is 42.5 Å². The molecule has 2 aromatic rings. The van der Waals surface area contributed by atoms with Crippen LogP contribution in [0.2, 0.25) is 5.02 Å². The Labute approximate surface area is 109 Å². The number of rotatable bonds is 2. The van der Waals surface area contributed by atoms with Gasteiger partial charge in [0, 0.05) is 5.02 Å². The molecule has 0 aliphatic carbocycles. The lowest BCUT2D eigenvalue weighted by Gasteiger charge is -2.06. The van der Waals surface area contributed by atoms with Gasteiger partial charge in [-0.15, -0.1) is 0 Å². The Balaban J connectivity index is 2.22. The van der Waals surface area contributed by atoms with Crippen LogP contribution in [0, 0.1) is 12.7 Å². The number of hydrogen-bond acceptors (Lipinski definition) is 2. The van der Waals surface area contributed by atoms with Crippen LogP contribution >= 0.6 is 11.6 Å². The van der Waals surface area contributed by atoms with Crippen LogP contribution in [0.4, 0.5) is 4.39 Å². The molecule has 0 saturated heterocycles. The van der Waals surface area contributed by atoms with Crippen LogP contribution in [-0.2, 0) is 0 Å². The molecule has 0 heterocycles. The molecule has 0 saturated carbocycles. The van der Waals surface area contributed by atoms with E-state index < -0.39 is 11.8 Å². The molecule has 2 rings (SSSR count). The quantitative estimate of drug-likeness (QED) is 0.605. The Morgan fingerprint density at radius 3 is 2.61 bits per heavy atom. The van der Waals surface area contributed by atoms with Crippen molar-refractivity contribution in [1.82, 2.24) is 0 Å². The Kier molecular flexibility index (Phi) is 3.63. The summed E-state index contributed by atoms with van der Waals surface area (Å²) in [6, 6.07) is 10.5. The SMILES string of the molecule is Cc1cc(OC(=O)c2ccccc2F)ccc1Cl. The van der Waals surface area contributed by atoms with Crippen LogP contribution in [0.25, 0.3) is 0 Å². The molecule has 0 aromatic heterocycles. The van der Waals surface area contributed by atoms with Crippen LogP contribution in [-0.4, -0.2) is 5.97 Å². The highest BCUT2D eigenvalue weighted by molar-refractivity contribution is 6.31. The summed E-state index contributed by atoms with van der Waals surface area (Å²) in [6.45, 7) is 1.79. The molecule has 4 heteroatoms. The molecular formula is C14H10ClFO2. The van der Waals surface area contributed by atoms with Crippen molar-refractivity contribution in [3.63, 3.8) is 0 Å². The van der Waals surface area contributed by atoms with Crippen molar-refractivity contribution in [2.24, 2.45) is 0 Å². The number of halogens is 2. The zero-order valence-corrected chi connectivity index (χ0v) is 10.4. The monoisotopic (exact) mass is 264 g/mol. The molecule has 0 spiro atoms. The third-order valence-corrected chi connectivity index (χ3v) is 2.86. The fourth-order valence-electron chi connectivity index (χ4n) is 1.47. The van der Waals surface area contributed by atoms with Crippen molar-refractivity contribution < 1.29 is 13.9 Å². The minimum absolute atomic E-state index is 0.0925. The van der Waals surface area contributed by atoms with E-state index >= 15 is 0 Å². The fourth-order valence-corrected chi connectivity index (χ4v) is 1.59. The molecule has 0 amide bonds. The number of hydrogen-bond donors (Lipinski definition) is 0. The highest BCUT2D eigenvalue weighted by Crippen LogP contribution is 2.22. The zero-order valence-electron chi connectivity index (χ0n) is 9.61. The van der Waals surface area contributed by atoms with Crippen molar-refractivity contribution in [2.45, 2.75) is 6.92 Å². The highest BCUT2D eigenvalue weighted by Gasteiger charge is 2.13. The lowest BCUT2D eigenvalue weighted by atomic mass is 10.2. The zero-order chi connectivity index (χ0) is 13.1. The van der Waals surface area contributed by atoms with E-state index in [0.29, 0.717) is 10.8 Å². The highest BCUT2D eigenvalue weighted by atomic mass is 35.5. The fraction of sp³-hybridized carbons (Fsp3) is 0.0714. The van der Waals surface area contributed by atoms with E-state index in [0.717, 1.165) is 5.56 Å². The average Bonchev–Trinajstić information content (AvgIpc) is 2.34. The average molecular weight is 265 g/mol. The standard InChI is InChI=1S/C14H10ClFO2/c1-9-8-10(6-7-12(9)15)18-14(17)11-4-2-3-5-13(11)16/h2-8H,1H3. The van der Waals surface area contributed by atoms with Gasteiger partial charge >= 0.3 is 5.97 Å². The number of carbonyl (C=O) groups excluding carboxylic acids is 1. The summed E-state index contributed by atoms with van der Waals surface area (Å²) in [6.07, 6.45) is 0. The topological polar surface area (TPSA) is 26.3 Å². The van der Waals surface area contributed by atoms with E-state index in [2.05, 4.69) is 0 Å². The molecule has 0 N–H and O–H groups in total. The first-order valence-corrected chi connectivity index (χ1v) is 5.68. The Morgan fingerprint density at radius 2 is 1.94 bits per heavy atom. The van der Waals surface area contributed by atoms with Gasteiger partial charge in [-0.3, -0.25) is 0 Å². The number of benzene rings is 2. The second-order valence-electron chi connectivity index (χ2n) is 3.78. The molecule has 2 nitrogen and oxygen atoms in total. The minimum Gasteiger partial charge on any atom is -0.423 e. The number of aryl methyl sites for hydroxylation is 1. The van der Waals surface area contributed by atoms with E-state index in [9.17, 15) is 9.18 Å². The van der Waals surface area contributed by atoms with Crippen molar-refractivity contribution in [3.05, 3.63) is 64.4 Å². The maximum absolute atomic E-state index is 13.4. The molecular weight excluding hydrogens is 255 g/mol. The van der Waals surface area contributed by atoms with Gasteiger partial charge in [0.1, 0.15) is 11.6 Å². The molecule has 18 heavy (non-hydrogen) atoms. The number of carbonyl (C=O) groups is 1. The molecule has 0 radical (unpaired) electrons. The number of esters is 1. The Morgan fingerprint density at radius 1 is 1.22 bits per heavy atom. The first-order valence-electron chi connectivity index (χ1n) is 5.31. The summed E-state index contributed by atoms with van der Waals surface area (Å²) in [7, 11) is 0. The van der Waals surface area contributed by atoms with Gasteiger partial charge in [-0.1, -0.05) is 23.7 Å². The van der Waals surface area contributed by atoms with Gasteiger partial charge in [-0.2, -0.15) is 0 Å². The molecule has 2 aromatic carbocycles. The predicted molar refractivity (Wildman–Crippen MR) is 67.5 cm³/mol. The second-order valence-corrected chi connectivity index (χ2v) is 4.19. The molecule has 0 atom stereocenters. The van der Waals surface area contributed by atoms with Crippen LogP contribution in [0.5, 0.6) is 5.75 Å². The van der Waals surface area contributed by atoms with E-state index in [-0.39, 0.29) is 5.56 Å². The predicted octanol–water partition coefficient (Wildman–Crippen LogP) is 4.01. The van der Waals surface area contributed by atoms with Crippen molar-refractivity contribution in [3.8, 4) is 5.75 Å². The summed E-state index contributed by atoms with van der Waals surface area (Å²) in [4.78, 5) is 11.7. The first kappa shape index (κ1) is 12.6. The van der Waals surface area contributed by atoms with Crippen molar-refractivity contribution in [1.29, 1.82) is 0 Å². The molecule has 0 aliphatic heterocycles. The largest absolute Gasteiger partial charge is 0.423 e. The maximum Gasteiger partial charge on any atom is 0.346 e. The van der Waals surface area contributed by atoms with Gasteiger partial charge in [-0.05, 0) is 42.8 Å². The van der Waals surface area contributed by atoms with Gasteiger partial charge < -0.3 is 4.74 Å². The Hall–Kier alpha value is -1.87.